The SMILES string of the molecule is CCCCC1CC=C(c2ccc([C@H]3CC[C@H](CC)CC3)cc2)CC1. The molecular weight excluding hydrogens is 288 g/mol. The van der Waals surface area contributed by atoms with Gasteiger partial charge in [0.1, 0.15) is 0 Å². The van der Waals surface area contributed by atoms with E-state index in [1.165, 1.54) is 76.2 Å². The van der Waals surface area contributed by atoms with Gasteiger partial charge in [-0.1, -0.05) is 69.9 Å². The number of allylic oxidation sites excluding steroid dienone is 2. The van der Waals surface area contributed by atoms with Crippen LogP contribution < -0.4 is 0 Å². The maximum Gasteiger partial charge on any atom is -0.0162 e. The average molecular weight is 325 g/mol. The molecule has 0 radical (unpaired) electrons. The molecule has 0 aromatic heterocycles. The predicted octanol–water partition coefficient (Wildman–Crippen LogP) is 7.74. The van der Waals surface area contributed by atoms with Crippen molar-refractivity contribution in [2.45, 2.75) is 90.4 Å². The smallest absolute Gasteiger partial charge is 0.0162 e. The minimum atomic E-state index is 0.820. The Morgan fingerprint density at radius 1 is 0.875 bits per heavy atom. The van der Waals surface area contributed by atoms with E-state index in [-0.39, 0.29) is 0 Å². The van der Waals surface area contributed by atoms with Crippen molar-refractivity contribution in [2.75, 3.05) is 0 Å². The first-order valence-electron chi connectivity index (χ1n) is 10.6. The van der Waals surface area contributed by atoms with E-state index in [1.807, 2.05) is 0 Å². The normalized spacial score (nSPS) is 27.8. The Balaban J connectivity index is 1.56. The first kappa shape index (κ1) is 17.8. The molecule has 2 aliphatic carbocycles. The Bertz CT molecular complexity index is 513. The second-order valence-corrected chi connectivity index (χ2v) is 8.26. The van der Waals surface area contributed by atoms with Crippen molar-refractivity contribution in [3.63, 3.8) is 0 Å². The molecule has 0 N–H and O–H groups in total. The fraction of sp³-hybridized carbons (Fsp3) is 0.667. The second kappa shape index (κ2) is 8.88. The summed E-state index contributed by atoms with van der Waals surface area (Å²) in [5.41, 5.74) is 4.67. The molecule has 1 aromatic rings. The van der Waals surface area contributed by atoms with Gasteiger partial charge in [-0.3, -0.25) is 0 Å². The van der Waals surface area contributed by atoms with Crippen LogP contribution in [0.4, 0.5) is 0 Å². The van der Waals surface area contributed by atoms with Gasteiger partial charge in [-0.25, -0.2) is 0 Å². The average Bonchev–Trinajstić information content (AvgIpc) is 2.67. The molecule has 1 saturated carbocycles. The molecule has 0 saturated heterocycles. The third-order valence-electron chi connectivity index (χ3n) is 6.66. The molecule has 1 fully saturated rings. The Morgan fingerprint density at radius 3 is 2.21 bits per heavy atom. The summed E-state index contributed by atoms with van der Waals surface area (Å²) in [6.07, 6.45) is 17.8. The summed E-state index contributed by atoms with van der Waals surface area (Å²) < 4.78 is 0. The van der Waals surface area contributed by atoms with E-state index in [4.69, 9.17) is 0 Å². The van der Waals surface area contributed by atoms with Crippen LogP contribution in [0.5, 0.6) is 0 Å². The van der Waals surface area contributed by atoms with Crippen LogP contribution >= 0.6 is 0 Å². The van der Waals surface area contributed by atoms with Gasteiger partial charge in [0.05, 0.1) is 0 Å². The van der Waals surface area contributed by atoms with Gasteiger partial charge in [0, 0.05) is 0 Å². The highest BCUT2D eigenvalue weighted by molar-refractivity contribution is 5.66. The number of unbranched alkanes of at least 4 members (excludes halogenated alkanes) is 1. The van der Waals surface area contributed by atoms with Crippen LogP contribution in [-0.4, -0.2) is 0 Å². The van der Waals surface area contributed by atoms with Gasteiger partial charge in [-0.15, -0.1) is 0 Å². The fourth-order valence-corrected chi connectivity index (χ4v) is 4.78. The number of hydrogen-bond acceptors (Lipinski definition) is 0. The lowest BCUT2D eigenvalue weighted by atomic mass is 9.77. The molecule has 24 heavy (non-hydrogen) atoms. The van der Waals surface area contributed by atoms with Crippen molar-refractivity contribution in [2.24, 2.45) is 11.8 Å². The van der Waals surface area contributed by atoms with Crippen LogP contribution in [0.2, 0.25) is 0 Å². The van der Waals surface area contributed by atoms with Gasteiger partial charge in [0.15, 0.2) is 0 Å². The highest BCUT2D eigenvalue weighted by Gasteiger charge is 2.21. The second-order valence-electron chi connectivity index (χ2n) is 8.26. The molecule has 0 spiro atoms. The van der Waals surface area contributed by atoms with E-state index in [0.29, 0.717) is 0 Å². The molecule has 2 aliphatic rings. The first-order chi connectivity index (χ1) is 11.8. The maximum atomic E-state index is 2.53. The number of rotatable bonds is 6. The molecule has 0 amide bonds. The Morgan fingerprint density at radius 2 is 1.62 bits per heavy atom. The lowest BCUT2D eigenvalue weighted by Crippen LogP contribution is -2.12. The van der Waals surface area contributed by atoms with Crippen molar-refractivity contribution in [1.29, 1.82) is 0 Å². The summed E-state index contributed by atoms with van der Waals surface area (Å²) in [5, 5.41) is 0. The molecule has 1 unspecified atom stereocenters. The summed E-state index contributed by atoms with van der Waals surface area (Å²) in [7, 11) is 0. The van der Waals surface area contributed by atoms with E-state index < -0.39 is 0 Å². The molecule has 0 aliphatic heterocycles. The summed E-state index contributed by atoms with van der Waals surface area (Å²) in [5.74, 6) is 2.76. The van der Waals surface area contributed by atoms with Crippen molar-refractivity contribution < 1.29 is 0 Å². The first-order valence-corrected chi connectivity index (χ1v) is 10.6. The van der Waals surface area contributed by atoms with Gasteiger partial charge in [-0.05, 0) is 79.4 Å². The molecule has 0 heteroatoms. The Labute approximate surface area is 149 Å². The van der Waals surface area contributed by atoms with Gasteiger partial charge in [0.25, 0.3) is 0 Å². The van der Waals surface area contributed by atoms with E-state index in [1.54, 1.807) is 11.1 Å². The van der Waals surface area contributed by atoms with Crippen molar-refractivity contribution >= 4 is 5.57 Å². The summed E-state index contributed by atoms with van der Waals surface area (Å²) in [6.45, 7) is 4.66. The third kappa shape index (κ3) is 4.52. The van der Waals surface area contributed by atoms with Gasteiger partial charge >= 0.3 is 0 Å². The predicted molar refractivity (Wildman–Crippen MR) is 106 cm³/mol. The van der Waals surface area contributed by atoms with Crippen LogP contribution in [-0.2, 0) is 0 Å². The maximum absolute atomic E-state index is 2.53. The highest BCUT2D eigenvalue weighted by Crippen LogP contribution is 2.38. The Kier molecular flexibility index (Phi) is 6.58. The van der Waals surface area contributed by atoms with Crippen molar-refractivity contribution in [1.82, 2.24) is 0 Å². The minimum Gasteiger partial charge on any atom is -0.0804 e. The monoisotopic (exact) mass is 324 g/mol. The van der Waals surface area contributed by atoms with Crippen molar-refractivity contribution in [3.05, 3.63) is 41.5 Å². The Hall–Kier alpha value is -1.04. The van der Waals surface area contributed by atoms with Gasteiger partial charge in [-0.2, -0.15) is 0 Å². The minimum absolute atomic E-state index is 0.820. The zero-order valence-electron chi connectivity index (χ0n) is 15.9. The summed E-state index contributed by atoms with van der Waals surface area (Å²) in [4.78, 5) is 0. The molecule has 0 heterocycles. The van der Waals surface area contributed by atoms with E-state index in [0.717, 1.165) is 17.8 Å². The van der Waals surface area contributed by atoms with Crippen LogP contribution in [0.1, 0.15) is 102 Å². The van der Waals surface area contributed by atoms with Crippen LogP contribution in [0.15, 0.2) is 30.3 Å². The lowest BCUT2D eigenvalue weighted by molar-refractivity contribution is 0.319. The third-order valence-corrected chi connectivity index (χ3v) is 6.66. The zero-order chi connectivity index (χ0) is 16.8. The molecule has 1 atom stereocenters. The molecule has 0 nitrogen and oxygen atoms in total. The number of benzene rings is 1. The topological polar surface area (TPSA) is 0 Å². The van der Waals surface area contributed by atoms with Gasteiger partial charge < -0.3 is 0 Å². The van der Waals surface area contributed by atoms with Crippen LogP contribution in [0.3, 0.4) is 0 Å². The largest absolute Gasteiger partial charge is 0.0804 e. The van der Waals surface area contributed by atoms with E-state index in [9.17, 15) is 0 Å². The highest BCUT2D eigenvalue weighted by atomic mass is 14.3. The molecule has 1 aromatic carbocycles. The van der Waals surface area contributed by atoms with Crippen LogP contribution in [0.25, 0.3) is 5.57 Å². The quantitative estimate of drug-likeness (QED) is 0.502. The standard InChI is InChI=1S/C24H36/c1-3-5-6-20-9-13-22(14-10-20)24-17-15-23(16-18-24)21-11-7-19(4-2)8-12-21/h13,15-21H,3-12,14H2,1-2H3/t19-,20?,21-. The molecule has 0 bridgehead atoms. The van der Waals surface area contributed by atoms with E-state index >= 15 is 0 Å². The number of hydrogen-bond donors (Lipinski definition) is 0. The fourth-order valence-electron chi connectivity index (χ4n) is 4.78. The molecule has 132 valence electrons. The van der Waals surface area contributed by atoms with Crippen LogP contribution in [0, 0.1) is 11.8 Å². The molecule has 3 rings (SSSR count). The zero-order valence-corrected chi connectivity index (χ0v) is 15.9. The van der Waals surface area contributed by atoms with Gasteiger partial charge in [0.2, 0.25) is 0 Å². The van der Waals surface area contributed by atoms with E-state index in [2.05, 4.69) is 44.2 Å². The van der Waals surface area contributed by atoms with Crippen molar-refractivity contribution in [3.8, 4) is 0 Å². The summed E-state index contributed by atoms with van der Waals surface area (Å²) >= 11 is 0. The lowest BCUT2D eigenvalue weighted by Gasteiger charge is -2.28. The molecular formula is C24H36. The summed E-state index contributed by atoms with van der Waals surface area (Å²) in [6, 6.07) is 9.66.